The Bertz CT molecular complexity index is 946. The largest absolute Gasteiger partial charge is 0.444 e. The van der Waals surface area contributed by atoms with E-state index in [9.17, 15) is 31.2 Å². The van der Waals surface area contributed by atoms with Gasteiger partial charge in [0.25, 0.3) is 6.43 Å². The zero-order valence-corrected chi connectivity index (χ0v) is 17.6. The third-order valence-electron chi connectivity index (χ3n) is 5.06. The average molecular weight is 464 g/mol. The van der Waals surface area contributed by atoms with E-state index >= 15 is 0 Å². The van der Waals surface area contributed by atoms with E-state index in [0.717, 1.165) is 16.7 Å². The molecule has 0 aromatic heterocycles. The van der Waals surface area contributed by atoms with Crippen LogP contribution >= 0.6 is 0 Å². The number of cyclic esters (lactones) is 1. The normalized spacial score (nSPS) is 20.8. The fourth-order valence-corrected chi connectivity index (χ4v) is 4.19. The lowest BCUT2D eigenvalue weighted by atomic mass is 10.1. The van der Waals surface area contributed by atoms with Crippen molar-refractivity contribution in [3.63, 3.8) is 0 Å². The van der Waals surface area contributed by atoms with Crippen molar-refractivity contribution >= 4 is 33.3 Å². The van der Waals surface area contributed by atoms with Gasteiger partial charge in [0, 0.05) is 32.6 Å². The van der Waals surface area contributed by atoms with Gasteiger partial charge in [-0.2, -0.15) is 0 Å². The van der Waals surface area contributed by atoms with Gasteiger partial charge in [-0.1, -0.05) is 0 Å². The maximum absolute atomic E-state index is 14.8. The summed E-state index contributed by atoms with van der Waals surface area (Å²) in [5.41, 5.74) is 3.27. The van der Waals surface area contributed by atoms with Crippen molar-refractivity contribution in [1.82, 2.24) is 9.84 Å². The zero-order chi connectivity index (χ0) is 22.8. The lowest BCUT2D eigenvalue weighted by Crippen LogP contribution is -2.42. The fourth-order valence-electron chi connectivity index (χ4n) is 3.45. The first-order valence-electron chi connectivity index (χ1n) is 9.61. The molecule has 2 fully saturated rings. The number of amides is 1. The highest BCUT2D eigenvalue weighted by atomic mass is 32.2. The summed E-state index contributed by atoms with van der Waals surface area (Å²) in [6.07, 6.45) is -3.92. The van der Waals surface area contributed by atoms with Gasteiger partial charge in [0.15, 0.2) is 5.78 Å². The summed E-state index contributed by atoms with van der Waals surface area (Å²) in [7, 11) is -3.43. The standard InChI is InChI=1S/C18H23F3N4O5S/c1-31(28,29)25-9-8-23(7-6-22-25)15-4-2-12(10-14(15)19)24-11-13(30-18(24)27)3-5-16(26)17(20)21/h2,4,10,13,17,22H,3,5-9,11H2,1H3/t13-/m0/s1. The molecule has 2 saturated heterocycles. The van der Waals surface area contributed by atoms with E-state index in [1.54, 1.807) is 4.90 Å². The monoisotopic (exact) mass is 464 g/mol. The number of ether oxygens (including phenoxy) is 1. The quantitative estimate of drug-likeness (QED) is 0.650. The molecule has 0 unspecified atom stereocenters. The van der Waals surface area contributed by atoms with Crippen molar-refractivity contribution in [1.29, 1.82) is 0 Å². The minimum atomic E-state index is -3.43. The fraction of sp³-hybridized carbons (Fsp3) is 0.556. The Balaban J connectivity index is 1.65. The molecule has 172 valence electrons. The molecule has 1 aromatic carbocycles. The zero-order valence-electron chi connectivity index (χ0n) is 16.8. The van der Waals surface area contributed by atoms with Crippen LogP contribution in [0.5, 0.6) is 0 Å². The van der Waals surface area contributed by atoms with Gasteiger partial charge in [-0.25, -0.2) is 31.8 Å². The Kier molecular flexibility index (Phi) is 7.06. The van der Waals surface area contributed by atoms with Gasteiger partial charge in [-0.15, -0.1) is 4.41 Å². The molecule has 0 saturated carbocycles. The van der Waals surface area contributed by atoms with E-state index in [-0.39, 0.29) is 37.4 Å². The molecule has 3 rings (SSSR count). The van der Waals surface area contributed by atoms with Crippen LogP contribution in [0.1, 0.15) is 12.8 Å². The summed E-state index contributed by atoms with van der Waals surface area (Å²) >= 11 is 0. The average Bonchev–Trinajstić information content (AvgIpc) is 2.89. The molecule has 1 atom stereocenters. The molecule has 2 aliphatic rings. The van der Waals surface area contributed by atoms with Crippen LogP contribution < -0.4 is 15.2 Å². The SMILES string of the molecule is CS(=O)(=O)N1CCN(c2ccc(N3C[C@H](CCC(=O)C(F)F)OC3=O)cc2F)CCN1. The summed E-state index contributed by atoms with van der Waals surface area (Å²) < 4.78 is 69.0. The second kappa shape index (κ2) is 9.40. The maximum Gasteiger partial charge on any atom is 0.414 e. The molecule has 13 heteroatoms. The smallest absolute Gasteiger partial charge is 0.414 e. The first kappa shape index (κ1) is 23.3. The Morgan fingerprint density at radius 1 is 1.29 bits per heavy atom. The lowest BCUT2D eigenvalue weighted by molar-refractivity contribution is -0.129. The van der Waals surface area contributed by atoms with Crippen LogP contribution in [0.25, 0.3) is 0 Å². The number of alkyl halides is 2. The lowest BCUT2D eigenvalue weighted by Gasteiger charge is -2.24. The van der Waals surface area contributed by atoms with Gasteiger partial charge in [0.2, 0.25) is 10.0 Å². The summed E-state index contributed by atoms with van der Waals surface area (Å²) in [5, 5.41) is 0. The van der Waals surface area contributed by atoms with Crippen LogP contribution in [0.15, 0.2) is 18.2 Å². The molecule has 0 radical (unpaired) electrons. The highest BCUT2D eigenvalue weighted by Gasteiger charge is 2.33. The molecule has 1 aromatic rings. The molecule has 0 aliphatic carbocycles. The van der Waals surface area contributed by atoms with E-state index < -0.39 is 46.7 Å². The number of hydrogen-bond acceptors (Lipinski definition) is 7. The van der Waals surface area contributed by atoms with Crippen molar-refractivity contribution in [2.45, 2.75) is 25.4 Å². The van der Waals surface area contributed by atoms with Gasteiger partial charge in [0.1, 0.15) is 11.9 Å². The third-order valence-corrected chi connectivity index (χ3v) is 6.17. The maximum atomic E-state index is 14.8. The van der Waals surface area contributed by atoms with Crippen molar-refractivity contribution in [3.05, 3.63) is 24.0 Å². The van der Waals surface area contributed by atoms with Crippen molar-refractivity contribution in [3.8, 4) is 0 Å². The topological polar surface area (TPSA) is 99.3 Å². The Hall–Kier alpha value is -2.38. The number of hydrazine groups is 1. The molecule has 9 nitrogen and oxygen atoms in total. The number of ketones is 1. The number of rotatable bonds is 7. The minimum Gasteiger partial charge on any atom is -0.444 e. The van der Waals surface area contributed by atoms with Crippen LogP contribution in [0.3, 0.4) is 0 Å². The molecule has 0 spiro atoms. The van der Waals surface area contributed by atoms with Crippen molar-refractivity contribution in [2.75, 3.05) is 48.8 Å². The molecule has 31 heavy (non-hydrogen) atoms. The highest BCUT2D eigenvalue weighted by Crippen LogP contribution is 2.29. The number of benzene rings is 1. The molecular weight excluding hydrogens is 441 g/mol. The first-order chi connectivity index (χ1) is 14.6. The van der Waals surface area contributed by atoms with E-state index in [1.807, 2.05) is 0 Å². The number of anilines is 2. The predicted molar refractivity (Wildman–Crippen MR) is 106 cm³/mol. The second-order valence-corrected chi connectivity index (χ2v) is 9.19. The van der Waals surface area contributed by atoms with E-state index in [4.69, 9.17) is 4.74 Å². The molecule has 1 N–H and O–H groups in total. The van der Waals surface area contributed by atoms with Crippen LogP contribution in [0.4, 0.5) is 29.3 Å². The number of carbonyl (C=O) groups excluding carboxylic acids is 2. The molecule has 1 amide bonds. The third kappa shape index (κ3) is 5.66. The first-order valence-corrected chi connectivity index (χ1v) is 11.5. The number of carbonyl (C=O) groups is 2. The van der Waals surface area contributed by atoms with Crippen LogP contribution in [0.2, 0.25) is 0 Å². The molecular formula is C18H23F3N4O5S. The number of nitrogens with zero attached hydrogens (tertiary/aromatic N) is 3. The number of hydrogen-bond donors (Lipinski definition) is 1. The summed E-state index contributed by atoms with van der Waals surface area (Å²) in [4.78, 5) is 26.0. The summed E-state index contributed by atoms with van der Waals surface area (Å²) in [6, 6.07) is 4.18. The van der Waals surface area contributed by atoms with Crippen molar-refractivity contribution < 1.29 is 35.9 Å². The number of sulfonamides is 1. The van der Waals surface area contributed by atoms with Gasteiger partial charge in [-0.05, 0) is 24.6 Å². The Morgan fingerprint density at radius 3 is 2.68 bits per heavy atom. The Morgan fingerprint density at radius 2 is 2.03 bits per heavy atom. The van der Waals surface area contributed by atoms with Crippen LogP contribution in [0, 0.1) is 5.82 Å². The van der Waals surface area contributed by atoms with E-state index in [0.29, 0.717) is 13.1 Å². The molecule has 2 heterocycles. The predicted octanol–water partition coefficient (Wildman–Crippen LogP) is 1.35. The van der Waals surface area contributed by atoms with Gasteiger partial charge >= 0.3 is 6.09 Å². The number of halogens is 3. The second-order valence-electron chi connectivity index (χ2n) is 7.29. The summed E-state index contributed by atoms with van der Waals surface area (Å²) in [5.74, 6) is -1.82. The van der Waals surface area contributed by atoms with Crippen molar-refractivity contribution in [2.24, 2.45) is 0 Å². The Labute approximate surface area is 177 Å². The van der Waals surface area contributed by atoms with Gasteiger partial charge in [0.05, 0.1) is 24.2 Å². The molecule has 2 aliphatic heterocycles. The van der Waals surface area contributed by atoms with Gasteiger partial charge in [-0.3, -0.25) is 9.69 Å². The van der Waals surface area contributed by atoms with E-state index in [1.165, 1.54) is 17.0 Å². The molecule has 0 bridgehead atoms. The summed E-state index contributed by atoms with van der Waals surface area (Å²) in [6.45, 7) is 1.09. The number of nitrogens with one attached hydrogen (secondary N) is 1. The number of Topliss-reactive ketones (excluding diaryl/α,β-unsaturated/α-hetero) is 1. The van der Waals surface area contributed by atoms with Gasteiger partial charge < -0.3 is 9.64 Å². The van der Waals surface area contributed by atoms with E-state index in [2.05, 4.69) is 5.43 Å². The van der Waals surface area contributed by atoms with Crippen LogP contribution in [-0.2, 0) is 19.6 Å². The highest BCUT2D eigenvalue weighted by molar-refractivity contribution is 7.88. The minimum absolute atomic E-state index is 0.0189. The van der Waals surface area contributed by atoms with Crippen LogP contribution in [-0.4, -0.2) is 76.2 Å².